The van der Waals surface area contributed by atoms with Gasteiger partial charge >= 0.3 is 11.9 Å². The Balaban J connectivity index is 1.54. The van der Waals surface area contributed by atoms with E-state index in [-0.39, 0.29) is 23.8 Å². The van der Waals surface area contributed by atoms with Crippen molar-refractivity contribution in [2.75, 3.05) is 0 Å². The summed E-state index contributed by atoms with van der Waals surface area (Å²) in [4.78, 5) is 26.7. The third kappa shape index (κ3) is 5.00. The van der Waals surface area contributed by atoms with Crippen LogP contribution in [0.1, 0.15) is 69.2 Å². The summed E-state index contributed by atoms with van der Waals surface area (Å²) in [5, 5.41) is 0. The lowest BCUT2D eigenvalue weighted by atomic mass is 9.79. The Bertz CT molecular complexity index is 898. The minimum atomic E-state index is -0.424. The zero-order valence-corrected chi connectivity index (χ0v) is 20.4. The van der Waals surface area contributed by atoms with Crippen molar-refractivity contribution in [2.45, 2.75) is 72.6 Å². The largest absolute Gasteiger partial charge is 0.426 e. The summed E-state index contributed by atoms with van der Waals surface area (Å²) in [5.74, 6) is 0.176. The van der Waals surface area contributed by atoms with Gasteiger partial charge in [0.05, 0.1) is 11.8 Å². The van der Waals surface area contributed by atoms with Crippen LogP contribution in [0, 0.1) is 23.7 Å². The van der Waals surface area contributed by atoms with Gasteiger partial charge in [-0.15, -0.1) is 0 Å². The minimum absolute atomic E-state index is 0.202. The first-order valence-electron chi connectivity index (χ1n) is 12.6. The van der Waals surface area contributed by atoms with Crippen molar-refractivity contribution < 1.29 is 19.1 Å². The van der Waals surface area contributed by atoms with Crippen molar-refractivity contribution in [1.29, 1.82) is 0 Å². The Hall–Kier alpha value is -2.62. The highest BCUT2D eigenvalue weighted by Crippen LogP contribution is 2.53. The zero-order chi connectivity index (χ0) is 23.5. The summed E-state index contributed by atoms with van der Waals surface area (Å²) in [5.41, 5.74) is 4.62. The highest BCUT2D eigenvalue weighted by Gasteiger charge is 2.55. The average Bonchev–Trinajstić information content (AvgIpc) is 3.45. The smallest absolute Gasteiger partial charge is 0.315 e. The average molecular weight is 449 g/mol. The van der Waals surface area contributed by atoms with Gasteiger partial charge < -0.3 is 9.47 Å². The number of esters is 2. The van der Waals surface area contributed by atoms with Gasteiger partial charge in [0.15, 0.2) is 0 Å². The molecule has 0 aromatic heterocycles. The molecule has 4 unspecified atom stereocenters. The van der Waals surface area contributed by atoms with Crippen LogP contribution in [-0.2, 0) is 35.3 Å². The Kier molecular flexibility index (Phi) is 7.21. The van der Waals surface area contributed by atoms with E-state index in [4.69, 9.17) is 9.47 Å². The summed E-state index contributed by atoms with van der Waals surface area (Å²) in [7, 11) is 0. The van der Waals surface area contributed by atoms with E-state index in [1.165, 1.54) is 0 Å². The first-order chi connectivity index (χ1) is 15.9. The van der Waals surface area contributed by atoms with Crippen LogP contribution in [-0.4, -0.2) is 11.9 Å². The van der Waals surface area contributed by atoms with Gasteiger partial charge in [-0.3, -0.25) is 9.59 Å². The number of aryl methyl sites for hydroxylation is 4. The molecule has 0 aliphatic heterocycles. The molecule has 2 saturated carbocycles. The van der Waals surface area contributed by atoms with E-state index in [0.717, 1.165) is 67.2 Å². The van der Waals surface area contributed by atoms with Crippen LogP contribution in [0.25, 0.3) is 0 Å². The second kappa shape index (κ2) is 10.1. The molecule has 4 nitrogen and oxygen atoms in total. The van der Waals surface area contributed by atoms with E-state index in [1.807, 2.05) is 24.3 Å². The number of ether oxygens (including phenoxy) is 2. The molecule has 2 fully saturated rings. The summed E-state index contributed by atoms with van der Waals surface area (Å²) < 4.78 is 11.8. The number of benzene rings is 2. The Morgan fingerprint density at radius 2 is 0.970 bits per heavy atom. The molecule has 0 N–H and O–H groups in total. The highest BCUT2D eigenvalue weighted by atomic mass is 16.5. The van der Waals surface area contributed by atoms with E-state index < -0.39 is 11.8 Å². The number of hydrogen-bond donors (Lipinski definition) is 0. The number of fused-ring (bicyclic) bond motifs is 2. The van der Waals surface area contributed by atoms with Crippen molar-refractivity contribution in [3.63, 3.8) is 0 Å². The molecule has 0 radical (unpaired) electrons. The molecule has 2 aliphatic rings. The van der Waals surface area contributed by atoms with Crippen LogP contribution in [0.4, 0.5) is 0 Å². The maximum absolute atomic E-state index is 13.3. The van der Waals surface area contributed by atoms with Crippen LogP contribution in [0.3, 0.4) is 0 Å². The molecule has 4 atom stereocenters. The molecular formula is C29H36O4. The molecule has 2 aromatic rings. The molecule has 2 aromatic carbocycles. The number of hydrogen-bond acceptors (Lipinski definition) is 4. The second-order valence-electron chi connectivity index (χ2n) is 9.61. The van der Waals surface area contributed by atoms with Crippen LogP contribution in [0.15, 0.2) is 36.4 Å². The maximum atomic E-state index is 13.3. The van der Waals surface area contributed by atoms with Gasteiger partial charge in [-0.2, -0.15) is 0 Å². The van der Waals surface area contributed by atoms with Crippen LogP contribution < -0.4 is 9.47 Å². The SMILES string of the molecule is CCc1cc(CC)cc(OC(=O)C2C3CCC(C3)C2C(=O)Oc2cc(CC)cc(CC)c2)c1. The quantitative estimate of drug-likeness (QED) is 0.361. The molecule has 0 amide bonds. The van der Waals surface area contributed by atoms with E-state index in [1.54, 1.807) is 0 Å². The lowest BCUT2D eigenvalue weighted by Gasteiger charge is -2.28. The van der Waals surface area contributed by atoms with Gasteiger partial charge in [-0.25, -0.2) is 0 Å². The van der Waals surface area contributed by atoms with E-state index in [0.29, 0.717) is 11.5 Å². The molecule has 2 aliphatic carbocycles. The Morgan fingerprint density at radius 3 is 1.27 bits per heavy atom. The summed E-state index contributed by atoms with van der Waals surface area (Å²) in [6.45, 7) is 8.39. The Labute approximate surface area is 197 Å². The summed E-state index contributed by atoms with van der Waals surface area (Å²) >= 11 is 0. The third-order valence-electron chi connectivity index (χ3n) is 7.58. The molecule has 176 valence electrons. The van der Waals surface area contributed by atoms with Crippen LogP contribution in [0.2, 0.25) is 0 Å². The molecule has 0 spiro atoms. The number of carbonyl (C=O) groups is 2. The molecular weight excluding hydrogens is 412 g/mol. The van der Waals surface area contributed by atoms with Crippen LogP contribution in [0.5, 0.6) is 11.5 Å². The van der Waals surface area contributed by atoms with E-state index in [2.05, 4.69) is 39.8 Å². The third-order valence-corrected chi connectivity index (χ3v) is 7.58. The van der Waals surface area contributed by atoms with Crippen molar-refractivity contribution in [2.24, 2.45) is 23.7 Å². The summed E-state index contributed by atoms with van der Waals surface area (Å²) in [6, 6.07) is 12.1. The predicted octanol–water partition coefficient (Wildman–Crippen LogP) is 6.11. The lowest BCUT2D eigenvalue weighted by Crippen LogP contribution is -2.39. The molecule has 4 rings (SSSR count). The van der Waals surface area contributed by atoms with Gasteiger partial charge in [0, 0.05) is 0 Å². The molecule has 0 saturated heterocycles. The zero-order valence-electron chi connectivity index (χ0n) is 20.4. The fourth-order valence-electron chi connectivity index (χ4n) is 5.73. The van der Waals surface area contributed by atoms with Crippen molar-refractivity contribution >= 4 is 11.9 Å². The highest BCUT2D eigenvalue weighted by molar-refractivity contribution is 5.86. The van der Waals surface area contributed by atoms with E-state index >= 15 is 0 Å². The minimum Gasteiger partial charge on any atom is -0.426 e. The van der Waals surface area contributed by atoms with Crippen molar-refractivity contribution in [1.82, 2.24) is 0 Å². The van der Waals surface area contributed by atoms with Crippen molar-refractivity contribution in [3.05, 3.63) is 58.7 Å². The van der Waals surface area contributed by atoms with E-state index in [9.17, 15) is 9.59 Å². The monoisotopic (exact) mass is 448 g/mol. The predicted molar refractivity (Wildman–Crippen MR) is 129 cm³/mol. The van der Waals surface area contributed by atoms with Gasteiger partial charge in [0.25, 0.3) is 0 Å². The first kappa shape index (κ1) is 23.5. The van der Waals surface area contributed by atoms with Gasteiger partial charge in [-0.05, 0) is 103 Å². The summed E-state index contributed by atoms with van der Waals surface area (Å²) in [6.07, 6.45) is 6.42. The fourth-order valence-corrected chi connectivity index (χ4v) is 5.73. The molecule has 33 heavy (non-hydrogen) atoms. The molecule has 0 heterocycles. The molecule has 2 bridgehead atoms. The fraction of sp³-hybridized carbons (Fsp3) is 0.517. The second-order valence-corrected chi connectivity index (χ2v) is 9.61. The normalized spacial score (nSPS) is 23.5. The Morgan fingerprint density at radius 1 is 0.636 bits per heavy atom. The molecule has 4 heteroatoms. The van der Waals surface area contributed by atoms with Gasteiger partial charge in [-0.1, -0.05) is 39.8 Å². The van der Waals surface area contributed by atoms with Gasteiger partial charge in [0.1, 0.15) is 11.5 Å². The first-order valence-corrected chi connectivity index (χ1v) is 12.6. The topological polar surface area (TPSA) is 52.6 Å². The lowest BCUT2D eigenvalue weighted by molar-refractivity contribution is -0.152. The number of rotatable bonds is 8. The number of carbonyl (C=O) groups excluding carboxylic acids is 2. The maximum Gasteiger partial charge on any atom is 0.315 e. The van der Waals surface area contributed by atoms with Gasteiger partial charge in [0.2, 0.25) is 0 Å². The van der Waals surface area contributed by atoms with Crippen molar-refractivity contribution in [3.8, 4) is 11.5 Å². The standard InChI is InChI=1S/C29H36O4/c1-5-18-11-19(6-2)14-24(13-18)32-28(30)26-22-9-10-23(17-22)27(26)29(31)33-25-15-20(7-3)12-21(8-4)16-25/h11-16,22-23,26-27H,5-10,17H2,1-4H3. The van der Waals surface area contributed by atoms with Crippen LogP contribution >= 0.6 is 0 Å².